The molecule has 3 heteroatoms. The van der Waals surface area contributed by atoms with Crippen molar-refractivity contribution in [3.05, 3.63) is 0 Å². The van der Waals surface area contributed by atoms with E-state index in [0.717, 1.165) is 25.9 Å². The molecule has 13 heavy (non-hydrogen) atoms. The Balaban J connectivity index is 1.87. The quantitative estimate of drug-likeness (QED) is 0.647. The van der Waals surface area contributed by atoms with Crippen LogP contribution < -0.4 is 0 Å². The highest BCUT2D eigenvalue weighted by molar-refractivity contribution is 5.73. The molecule has 1 aliphatic carbocycles. The summed E-state index contributed by atoms with van der Waals surface area (Å²) in [7, 11) is 0. The maximum Gasteiger partial charge on any atom is 0.219 e. The smallest absolute Gasteiger partial charge is 0.219 e. The fraction of sp³-hybridized carbons (Fsp3) is 0.900. The summed E-state index contributed by atoms with van der Waals surface area (Å²) in [6.07, 6.45) is 3.37. The molecule has 1 N–H and O–H groups in total. The lowest BCUT2D eigenvalue weighted by molar-refractivity contribution is -0.130. The standard InChI is InChI=1S/C10H17NO2/c1-8(13)11-4-2-10(3-5-11)6-9(10)7-12/h9,12H,2-7H2,1H3. The molecule has 1 aliphatic heterocycles. The second kappa shape index (κ2) is 2.98. The monoisotopic (exact) mass is 183 g/mol. The van der Waals surface area contributed by atoms with Crippen molar-refractivity contribution in [2.75, 3.05) is 19.7 Å². The number of aliphatic hydroxyl groups excluding tert-OH is 1. The topological polar surface area (TPSA) is 40.5 Å². The van der Waals surface area contributed by atoms with Crippen LogP contribution in [0.1, 0.15) is 26.2 Å². The summed E-state index contributed by atoms with van der Waals surface area (Å²) in [5, 5.41) is 9.02. The average molecular weight is 183 g/mol. The SMILES string of the molecule is CC(=O)N1CCC2(CC1)CC2CO. The van der Waals surface area contributed by atoms with Gasteiger partial charge in [-0.1, -0.05) is 0 Å². The molecule has 0 aromatic rings. The molecule has 1 saturated carbocycles. The Kier molecular flexibility index (Phi) is 2.06. The number of piperidine rings is 1. The molecule has 0 bridgehead atoms. The van der Waals surface area contributed by atoms with Gasteiger partial charge in [-0.25, -0.2) is 0 Å². The summed E-state index contributed by atoms with van der Waals surface area (Å²) >= 11 is 0. The van der Waals surface area contributed by atoms with Crippen LogP contribution in [0.3, 0.4) is 0 Å². The van der Waals surface area contributed by atoms with Crippen molar-refractivity contribution in [1.82, 2.24) is 4.90 Å². The highest BCUT2D eigenvalue weighted by atomic mass is 16.3. The van der Waals surface area contributed by atoms with E-state index in [1.54, 1.807) is 6.92 Å². The van der Waals surface area contributed by atoms with E-state index >= 15 is 0 Å². The Morgan fingerprint density at radius 1 is 1.54 bits per heavy atom. The Bertz CT molecular complexity index is 219. The number of carbonyl (C=O) groups is 1. The second-order valence-electron chi connectivity index (χ2n) is 4.45. The van der Waals surface area contributed by atoms with Crippen LogP contribution in [-0.4, -0.2) is 35.6 Å². The molecule has 1 unspecified atom stereocenters. The first kappa shape index (κ1) is 9.00. The lowest BCUT2D eigenvalue weighted by Crippen LogP contribution is -2.38. The average Bonchev–Trinajstić information content (AvgIpc) is 2.80. The molecule has 2 fully saturated rings. The van der Waals surface area contributed by atoms with E-state index in [1.165, 1.54) is 6.42 Å². The van der Waals surface area contributed by atoms with Crippen molar-refractivity contribution in [1.29, 1.82) is 0 Å². The first-order valence-corrected chi connectivity index (χ1v) is 5.04. The van der Waals surface area contributed by atoms with Gasteiger partial charge >= 0.3 is 0 Å². The van der Waals surface area contributed by atoms with Crippen LogP contribution in [0.4, 0.5) is 0 Å². The van der Waals surface area contributed by atoms with Gasteiger partial charge in [-0.05, 0) is 30.6 Å². The summed E-state index contributed by atoms with van der Waals surface area (Å²) in [6.45, 7) is 3.76. The van der Waals surface area contributed by atoms with Gasteiger partial charge in [0.15, 0.2) is 0 Å². The molecule has 1 amide bonds. The van der Waals surface area contributed by atoms with Crippen LogP contribution in [0.15, 0.2) is 0 Å². The Labute approximate surface area is 78.7 Å². The summed E-state index contributed by atoms with van der Waals surface area (Å²) in [4.78, 5) is 13.0. The molecule has 2 aliphatic rings. The molecule has 1 saturated heterocycles. The third-order valence-electron chi connectivity index (χ3n) is 3.78. The van der Waals surface area contributed by atoms with Gasteiger partial charge in [-0.3, -0.25) is 4.79 Å². The molecule has 2 rings (SSSR count). The molecule has 0 radical (unpaired) electrons. The van der Waals surface area contributed by atoms with Gasteiger partial charge in [0.25, 0.3) is 0 Å². The molecule has 3 nitrogen and oxygen atoms in total. The molecular formula is C10H17NO2. The number of amides is 1. The van der Waals surface area contributed by atoms with Gasteiger partial charge in [0.1, 0.15) is 0 Å². The number of carbonyl (C=O) groups excluding carboxylic acids is 1. The predicted octanol–water partition coefficient (Wildman–Crippen LogP) is 0.627. The Morgan fingerprint density at radius 2 is 2.15 bits per heavy atom. The Morgan fingerprint density at radius 3 is 2.54 bits per heavy atom. The van der Waals surface area contributed by atoms with E-state index in [9.17, 15) is 4.79 Å². The minimum absolute atomic E-state index is 0.191. The van der Waals surface area contributed by atoms with Crippen LogP contribution >= 0.6 is 0 Å². The fourth-order valence-electron chi connectivity index (χ4n) is 2.57. The zero-order valence-corrected chi connectivity index (χ0v) is 8.12. The number of aliphatic hydroxyl groups is 1. The normalized spacial score (nSPS) is 30.6. The lowest BCUT2D eigenvalue weighted by Gasteiger charge is -2.32. The number of hydrogen-bond acceptors (Lipinski definition) is 2. The zero-order chi connectivity index (χ0) is 9.47. The number of nitrogens with zero attached hydrogens (tertiary/aromatic N) is 1. The summed E-state index contributed by atoms with van der Waals surface area (Å²) < 4.78 is 0. The molecule has 0 aromatic carbocycles. The van der Waals surface area contributed by atoms with E-state index in [4.69, 9.17) is 5.11 Å². The third-order valence-corrected chi connectivity index (χ3v) is 3.78. The van der Waals surface area contributed by atoms with Gasteiger partial charge in [0, 0.05) is 26.6 Å². The van der Waals surface area contributed by atoms with Crippen LogP contribution in [0.25, 0.3) is 0 Å². The second-order valence-corrected chi connectivity index (χ2v) is 4.45. The van der Waals surface area contributed by atoms with Crippen molar-refractivity contribution in [2.45, 2.75) is 26.2 Å². The largest absolute Gasteiger partial charge is 0.396 e. The molecular weight excluding hydrogens is 166 g/mol. The van der Waals surface area contributed by atoms with Gasteiger partial charge in [0.2, 0.25) is 5.91 Å². The fourth-order valence-corrected chi connectivity index (χ4v) is 2.57. The van der Waals surface area contributed by atoms with Gasteiger partial charge in [-0.2, -0.15) is 0 Å². The van der Waals surface area contributed by atoms with Crippen LogP contribution in [-0.2, 0) is 4.79 Å². The van der Waals surface area contributed by atoms with E-state index < -0.39 is 0 Å². The molecule has 0 aromatic heterocycles. The summed E-state index contributed by atoms with van der Waals surface area (Å²) in [5.41, 5.74) is 0.417. The van der Waals surface area contributed by atoms with Gasteiger partial charge in [-0.15, -0.1) is 0 Å². The van der Waals surface area contributed by atoms with Crippen molar-refractivity contribution in [3.8, 4) is 0 Å². The highest BCUT2D eigenvalue weighted by Gasteiger charge is 2.54. The van der Waals surface area contributed by atoms with Crippen molar-refractivity contribution in [3.63, 3.8) is 0 Å². The van der Waals surface area contributed by atoms with E-state index in [-0.39, 0.29) is 5.91 Å². The van der Waals surface area contributed by atoms with Crippen LogP contribution in [0, 0.1) is 11.3 Å². The lowest BCUT2D eigenvalue weighted by atomic mass is 9.91. The molecule has 1 heterocycles. The van der Waals surface area contributed by atoms with Crippen molar-refractivity contribution in [2.24, 2.45) is 11.3 Å². The molecule has 74 valence electrons. The molecule has 1 atom stereocenters. The summed E-state index contributed by atoms with van der Waals surface area (Å²) in [6, 6.07) is 0. The highest BCUT2D eigenvalue weighted by Crippen LogP contribution is 2.58. The zero-order valence-electron chi connectivity index (χ0n) is 8.12. The predicted molar refractivity (Wildman–Crippen MR) is 49.1 cm³/mol. The van der Waals surface area contributed by atoms with E-state index in [1.807, 2.05) is 4.90 Å². The first-order chi connectivity index (χ1) is 6.18. The number of rotatable bonds is 1. The van der Waals surface area contributed by atoms with Crippen molar-refractivity contribution < 1.29 is 9.90 Å². The van der Waals surface area contributed by atoms with Gasteiger partial charge < -0.3 is 10.0 Å². The summed E-state index contributed by atoms with van der Waals surface area (Å²) in [5.74, 6) is 0.720. The Hall–Kier alpha value is -0.570. The van der Waals surface area contributed by atoms with Crippen molar-refractivity contribution >= 4 is 5.91 Å². The minimum Gasteiger partial charge on any atom is -0.396 e. The maximum atomic E-state index is 11.1. The van der Waals surface area contributed by atoms with Crippen LogP contribution in [0.5, 0.6) is 0 Å². The minimum atomic E-state index is 0.191. The number of likely N-dealkylation sites (tertiary alicyclic amines) is 1. The first-order valence-electron chi connectivity index (χ1n) is 5.04. The molecule has 1 spiro atoms. The van der Waals surface area contributed by atoms with E-state index in [2.05, 4.69) is 0 Å². The van der Waals surface area contributed by atoms with E-state index in [0.29, 0.717) is 17.9 Å². The van der Waals surface area contributed by atoms with Crippen LogP contribution in [0.2, 0.25) is 0 Å². The number of hydrogen-bond donors (Lipinski definition) is 1. The third kappa shape index (κ3) is 1.46. The van der Waals surface area contributed by atoms with Gasteiger partial charge in [0.05, 0.1) is 0 Å². The maximum absolute atomic E-state index is 11.1.